The van der Waals surface area contributed by atoms with Crippen molar-refractivity contribution in [3.8, 4) is 0 Å². The molecular weight excluding hydrogens is 364 g/mol. The van der Waals surface area contributed by atoms with Crippen molar-refractivity contribution in [3.05, 3.63) is 21.1 Å². The van der Waals surface area contributed by atoms with Gasteiger partial charge in [-0.2, -0.15) is 11.8 Å². The van der Waals surface area contributed by atoms with Crippen molar-refractivity contribution in [2.75, 3.05) is 11.5 Å². The van der Waals surface area contributed by atoms with E-state index in [-0.39, 0.29) is 0 Å². The highest BCUT2D eigenvalue weighted by molar-refractivity contribution is 9.10. The minimum atomic E-state index is 0.343. The van der Waals surface area contributed by atoms with Crippen molar-refractivity contribution in [1.82, 2.24) is 9.97 Å². The van der Waals surface area contributed by atoms with E-state index >= 15 is 0 Å². The lowest BCUT2D eigenvalue weighted by Crippen LogP contribution is -2.21. The number of halogens is 2. The summed E-state index contributed by atoms with van der Waals surface area (Å²) in [5, 5.41) is 1.50. The van der Waals surface area contributed by atoms with E-state index in [0.717, 1.165) is 22.4 Å². The summed E-state index contributed by atoms with van der Waals surface area (Å²) in [6.07, 6.45) is 1.15. The van der Waals surface area contributed by atoms with E-state index < -0.39 is 0 Å². The molecule has 2 unspecified atom stereocenters. The molecule has 0 radical (unpaired) electrons. The van der Waals surface area contributed by atoms with Crippen LogP contribution in [0.2, 0.25) is 5.15 Å². The van der Waals surface area contributed by atoms with Gasteiger partial charge in [-0.3, -0.25) is 0 Å². The van der Waals surface area contributed by atoms with Gasteiger partial charge in [-0.15, -0.1) is 11.8 Å². The second kappa shape index (κ2) is 7.01. The molecule has 2 atom stereocenters. The summed E-state index contributed by atoms with van der Waals surface area (Å²) in [5.41, 5.74) is 1.01. The van der Waals surface area contributed by atoms with Crippen LogP contribution in [-0.4, -0.2) is 26.7 Å². The van der Waals surface area contributed by atoms with Crippen molar-refractivity contribution >= 4 is 51.1 Å². The van der Waals surface area contributed by atoms with Gasteiger partial charge in [-0.05, 0) is 28.3 Å². The van der Waals surface area contributed by atoms with Gasteiger partial charge in [-0.25, -0.2) is 9.97 Å². The summed E-state index contributed by atoms with van der Waals surface area (Å²) in [7, 11) is 0. The van der Waals surface area contributed by atoms with Crippen LogP contribution in [0.5, 0.6) is 0 Å². The van der Waals surface area contributed by atoms with Crippen LogP contribution >= 0.6 is 51.1 Å². The van der Waals surface area contributed by atoms with E-state index in [1.807, 2.05) is 23.5 Å². The summed E-state index contributed by atoms with van der Waals surface area (Å²) in [5.74, 6) is 3.64. The molecule has 2 nitrogen and oxygen atoms in total. The van der Waals surface area contributed by atoms with E-state index in [0.29, 0.717) is 21.6 Å². The third kappa shape index (κ3) is 3.60. The molecule has 1 aromatic heterocycles. The summed E-state index contributed by atoms with van der Waals surface area (Å²) < 4.78 is 0.842. The van der Waals surface area contributed by atoms with Crippen LogP contribution in [-0.2, 0) is 0 Å². The highest BCUT2D eigenvalue weighted by Gasteiger charge is 2.30. The minimum absolute atomic E-state index is 0.343. The largest absolute Gasteiger partial charge is 0.235 e. The Hall–Kier alpha value is 0.550. The summed E-state index contributed by atoms with van der Waals surface area (Å²) >= 11 is 13.8. The molecule has 106 valence electrons. The summed E-state index contributed by atoms with van der Waals surface area (Å²) in [6.45, 7) is 6.50. The number of hydrogen-bond donors (Lipinski definition) is 0. The van der Waals surface area contributed by atoms with Crippen LogP contribution in [0.15, 0.2) is 4.47 Å². The lowest BCUT2D eigenvalue weighted by molar-refractivity contribution is 0.719. The Balaban J connectivity index is 2.38. The molecule has 1 saturated heterocycles. The standard InChI is InChI=1S/C13H18BrClN2S2/c1-4-8-11(19-6-5-18-8)13-16-10(7(2)3)9(14)12(15)17-13/h7-8,11H,4-6H2,1-3H3. The number of rotatable bonds is 3. The molecule has 2 heterocycles. The van der Waals surface area contributed by atoms with Crippen molar-refractivity contribution < 1.29 is 0 Å². The highest BCUT2D eigenvalue weighted by atomic mass is 79.9. The molecule has 6 heteroatoms. The second-order valence-corrected chi connectivity index (χ2v) is 8.58. The van der Waals surface area contributed by atoms with Crippen molar-refractivity contribution in [3.63, 3.8) is 0 Å². The quantitative estimate of drug-likeness (QED) is 0.662. The van der Waals surface area contributed by atoms with E-state index in [2.05, 4.69) is 41.7 Å². The number of aromatic nitrogens is 2. The first kappa shape index (κ1) is 15.9. The normalized spacial score (nSPS) is 23.9. The zero-order valence-electron chi connectivity index (χ0n) is 11.3. The number of thioether (sulfide) groups is 2. The van der Waals surface area contributed by atoms with Gasteiger partial charge in [-0.1, -0.05) is 32.4 Å². The van der Waals surface area contributed by atoms with E-state index in [1.165, 1.54) is 11.5 Å². The molecule has 0 amide bonds. The van der Waals surface area contributed by atoms with E-state index in [9.17, 15) is 0 Å². The first-order valence-electron chi connectivity index (χ1n) is 6.50. The first-order valence-corrected chi connectivity index (χ1v) is 9.77. The van der Waals surface area contributed by atoms with Crippen LogP contribution in [0.3, 0.4) is 0 Å². The predicted molar refractivity (Wildman–Crippen MR) is 90.6 cm³/mol. The SMILES string of the molecule is CCC1SCCSC1c1nc(Cl)c(Br)c(C(C)C)n1. The molecule has 0 N–H and O–H groups in total. The van der Waals surface area contributed by atoms with Gasteiger partial charge in [0.25, 0.3) is 0 Å². The maximum Gasteiger partial charge on any atom is 0.147 e. The third-order valence-electron chi connectivity index (χ3n) is 3.11. The smallest absolute Gasteiger partial charge is 0.147 e. The molecule has 0 bridgehead atoms. The Morgan fingerprint density at radius 2 is 2.00 bits per heavy atom. The van der Waals surface area contributed by atoms with Gasteiger partial charge in [0.2, 0.25) is 0 Å². The molecular formula is C13H18BrClN2S2. The lowest BCUT2D eigenvalue weighted by Gasteiger charge is -2.29. The molecule has 0 aromatic carbocycles. The molecule has 0 saturated carbocycles. The predicted octanol–water partition coefficient (Wildman–Crippen LogP) is 5.32. The fourth-order valence-corrected chi connectivity index (χ4v) is 5.91. The average Bonchev–Trinajstić information content (AvgIpc) is 2.41. The Bertz CT molecular complexity index is 457. The fourth-order valence-electron chi connectivity index (χ4n) is 2.10. The van der Waals surface area contributed by atoms with Gasteiger partial charge < -0.3 is 0 Å². The van der Waals surface area contributed by atoms with Gasteiger partial charge in [0.1, 0.15) is 11.0 Å². The maximum atomic E-state index is 6.26. The van der Waals surface area contributed by atoms with Gasteiger partial charge in [0, 0.05) is 16.8 Å². The molecule has 19 heavy (non-hydrogen) atoms. The molecule has 0 aliphatic carbocycles. The zero-order valence-corrected chi connectivity index (χ0v) is 15.3. The number of hydrogen-bond acceptors (Lipinski definition) is 4. The first-order chi connectivity index (χ1) is 9.04. The summed E-state index contributed by atoms with van der Waals surface area (Å²) in [6, 6.07) is 0. The molecule has 1 aromatic rings. The van der Waals surface area contributed by atoms with Crippen LogP contribution in [0.4, 0.5) is 0 Å². The zero-order chi connectivity index (χ0) is 14.0. The molecule has 1 aliphatic heterocycles. The van der Waals surface area contributed by atoms with Gasteiger partial charge in [0.05, 0.1) is 15.4 Å². The van der Waals surface area contributed by atoms with E-state index in [4.69, 9.17) is 16.6 Å². The Kier molecular flexibility index (Phi) is 5.88. The Morgan fingerprint density at radius 3 is 2.63 bits per heavy atom. The topological polar surface area (TPSA) is 25.8 Å². The number of nitrogens with zero attached hydrogens (tertiary/aromatic N) is 2. The van der Waals surface area contributed by atoms with Crippen LogP contribution < -0.4 is 0 Å². The lowest BCUT2D eigenvalue weighted by atomic mass is 10.1. The summed E-state index contributed by atoms with van der Waals surface area (Å²) in [4.78, 5) is 9.29. The monoisotopic (exact) mass is 380 g/mol. The molecule has 1 fully saturated rings. The molecule has 2 rings (SSSR count). The van der Waals surface area contributed by atoms with Crippen LogP contribution in [0.1, 0.15) is 49.9 Å². The highest BCUT2D eigenvalue weighted by Crippen LogP contribution is 2.44. The van der Waals surface area contributed by atoms with Crippen LogP contribution in [0.25, 0.3) is 0 Å². The Morgan fingerprint density at radius 1 is 1.32 bits per heavy atom. The van der Waals surface area contributed by atoms with E-state index in [1.54, 1.807) is 0 Å². The van der Waals surface area contributed by atoms with Gasteiger partial charge in [0.15, 0.2) is 0 Å². The van der Waals surface area contributed by atoms with Crippen molar-refractivity contribution in [1.29, 1.82) is 0 Å². The fraction of sp³-hybridized carbons (Fsp3) is 0.692. The maximum absolute atomic E-state index is 6.26. The molecule has 1 aliphatic rings. The minimum Gasteiger partial charge on any atom is -0.235 e. The second-order valence-electron chi connectivity index (χ2n) is 4.84. The average molecular weight is 382 g/mol. The third-order valence-corrected chi connectivity index (χ3v) is 7.63. The molecule has 0 spiro atoms. The van der Waals surface area contributed by atoms with Crippen LogP contribution in [0, 0.1) is 0 Å². The Labute approximate surface area is 137 Å². The van der Waals surface area contributed by atoms with Crippen molar-refractivity contribution in [2.45, 2.75) is 43.6 Å². The van der Waals surface area contributed by atoms with Crippen molar-refractivity contribution in [2.24, 2.45) is 0 Å². The van der Waals surface area contributed by atoms with Gasteiger partial charge >= 0.3 is 0 Å².